The van der Waals surface area contributed by atoms with E-state index >= 15 is 0 Å². The first-order valence-electron chi connectivity index (χ1n) is 6.15. The number of rotatable bonds is 9. The van der Waals surface area contributed by atoms with E-state index in [-0.39, 0.29) is 6.10 Å². The molecule has 0 saturated carbocycles. The molecule has 1 atom stereocenters. The lowest BCUT2D eigenvalue weighted by molar-refractivity contribution is 0.0365. The first-order chi connectivity index (χ1) is 8.81. The first kappa shape index (κ1) is 14.7. The predicted octanol–water partition coefficient (Wildman–Crippen LogP) is 1.94. The van der Waals surface area contributed by atoms with Gasteiger partial charge in [0.15, 0.2) is 11.6 Å². The summed E-state index contributed by atoms with van der Waals surface area (Å²) in [5.41, 5.74) is 0. The summed E-state index contributed by atoms with van der Waals surface area (Å²) in [5.74, 6) is 1.51. The van der Waals surface area contributed by atoms with E-state index in [9.17, 15) is 0 Å². The van der Waals surface area contributed by atoms with E-state index in [4.69, 9.17) is 14.2 Å². The molecule has 5 heteroatoms. The van der Waals surface area contributed by atoms with E-state index in [1.807, 2.05) is 12.1 Å². The predicted molar refractivity (Wildman–Crippen MR) is 71.2 cm³/mol. The van der Waals surface area contributed by atoms with Crippen LogP contribution in [0.15, 0.2) is 18.3 Å². The zero-order valence-electron chi connectivity index (χ0n) is 11.3. The minimum atomic E-state index is -0.00367. The summed E-state index contributed by atoms with van der Waals surface area (Å²) in [5, 5.41) is 3.22. The quantitative estimate of drug-likeness (QED) is 0.730. The van der Waals surface area contributed by atoms with Crippen LogP contribution in [0.1, 0.15) is 13.3 Å². The minimum absolute atomic E-state index is 0.00367. The molecule has 102 valence electrons. The third-order valence-electron chi connectivity index (χ3n) is 2.42. The standard InChI is InChI=1S/C13H22N2O3/c1-4-8-18-12-6-5-7-14-13(12)15-9-11(17-3)10-16-2/h5-7,11H,4,8-10H2,1-3H3,(H,14,15). The SMILES string of the molecule is CCCOc1cccnc1NCC(COC)OC. The zero-order chi connectivity index (χ0) is 13.2. The molecule has 0 bridgehead atoms. The molecule has 18 heavy (non-hydrogen) atoms. The highest BCUT2D eigenvalue weighted by molar-refractivity contribution is 5.49. The van der Waals surface area contributed by atoms with Crippen LogP contribution in [0.25, 0.3) is 0 Å². The number of nitrogens with one attached hydrogen (secondary N) is 1. The van der Waals surface area contributed by atoms with Gasteiger partial charge in [0, 0.05) is 27.0 Å². The Hall–Kier alpha value is -1.33. The average Bonchev–Trinajstić information content (AvgIpc) is 2.42. The molecular formula is C13H22N2O3. The highest BCUT2D eigenvalue weighted by Gasteiger charge is 2.09. The fraction of sp³-hybridized carbons (Fsp3) is 0.615. The monoisotopic (exact) mass is 254 g/mol. The Balaban J connectivity index is 2.54. The van der Waals surface area contributed by atoms with Gasteiger partial charge in [-0.3, -0.25) is 0 Å². The second kappa shape index (κ2) is 8.72. The third kappa shape index (κ3) is 4.89. The maximum Gasteiger partial charge on any atom is 0.168 e. The second-order valence-corrected chi connectivity index (χ2v) is 3.89. The Labute approximate surface area is 108 Å². The molecule has 1 aromatic heterocycles. The first-order valence-corrected chi connectivity index (χ1v) is 6.15. The lowest BCUT2D eigenvalue weighted by atomic mass is 10.3. The van der Waals surface area contributed by atoms with Gasteiger partial charge in [-0.1, -0.05) is 6.92 Å². The number of methoxy groups -OCH3 is 2. The van der Waals surface area contributed by atoms with Gasteiger partial charge in [0.2, 0.25) is 0 Å². The highest BCUT2D eigenvalue weighted by atomic mass is 16.5. The summed E-state index contributed by atoms with van der Waals surface area (Å²) >= 11 is 0. The molecule has 5 nitrogen and oxygen atoms in total. The Morgan fingerprint density at radius 2 is 2.22 bits per heavy atom. The normalized spacial score (nSPS) is 12.2. The summed E-state index contributed by atoms with van der Waals surface area (Å²) in [7, 11) is 3.32. The summed E-state index contributed by atoms with van der Waals surface area (Å²) in [4.78, 5) is 4.27. The Kier molecular flexibility index (Phi) is 7.13. The summed E-state index contributed by atoms with van der Waals surface area (Å²) in [6.07, 6.45) is 2.70. The van der Waals surface area contributed by atoms with Crippen molar-refractivity contribution in [3.05, 3.63) is 18.3 Å². The van der Waals surface area contributed by atoms with E-state index in [1.165, 1.54) is 0 Å². The molecule has 1 N–H and O–H groups in total. The molecule has 0 aliphatic carbocycles. The molecule has 1 unspecified atom stereocenters. The van der Waals surface area contributed by atoms with Crippen molar-refractivity contribution in [2.75, 3.05) is 39.3 Å². The Morgan fingerprint density at radius 3 is 2.89 bits per heavy atom. The number of anilines is 1. The molecule has 1 rings (SSSR count). The number of hydrogen-bond acceptors (Lipinski definition) is 5. The van der Waals surface area contributed by atoms with Gasteiger partial charge in [0.25, 0.3) is 0 Å². The van der Waals surface area contributed by atoms with Crippen LogP contribution in [0.4, 0.5) is 5.82 Å². The maximum absolute atomic E-state index is 5.62. The van der Waals surface area contributed by atoms with Crippen LogP contribution in [0, 0.1) is 0 Å². The van der Waals surface area contributed by atoms with Crippen LogP contribution in [0.3, 0.4) is 0 Å². The smallest absolute Gasteiger partial charge is 0.168 e. The van der Waals surface area contributed by atoms with Gasteiger partial charge in [0.05, 0.1) is 19.3 Å². The van der Waals surface area contributed by atoms with Gasteiger partial charge in [-0.25, -0.2) is 4.98 Å². The Bertz CT molecular complexity index is 334. The van der Waals surface area contributed by atoms with E-state index in [0.717, 1.165) is 18.0 Å². The lowest BCUT2D eigenvalue weighted by Crippen LogP contribution is -2.27. The van der Waals surface area contributed by atoms with Crippen molar-refractivity contribution >= 4 is 5.82 Å². The van der Waals surface area contributed by atoms with Crippen molar-refractivity contribution in [3.63, 3.8) is 0 Å². The van der Waals surface area contributed by atoms with Gasteiger partial charge in [0.1, 0.15) is 0 Å². The molecule has 0 aliphatic heterocycles. The largest absolute Gasteiger partial charge is 0.490 e. The fourth-order valence-corrected chi connectivity index (χ4v) is 1.46. The molecule has 1 heterocycles. The number of nitrogens with zero attached hydrogens (tertiary/aromatic N) is 1. The molecule has 0 saturated heterocycles. The van der Waals surface area contributed by atoms with Crippen LogP contribution in [-0.4, -0.2) is 45.1 Å². The number of aromatic nitrogens is 1. The number of ether oxygens (including phenoxy) is 3. The number of hydrogen-bond donors (Lipinski definition) is 1. The molecule has 0 amide bonds. The maximum atomic E-state index is 5.62. The minimum Gasteiger partial charge on any atom is -0.490 e. The Morgan fingerprint density at radius 1 is 1.39 bits per heavy atom. The molecule has 0 aliphatic rings. The summed E-state index contributed by atoms with van der Waals surface area (Å²) in [6, 6.07) is 3.77. The van der Waals surface area contributed by atoms with Gasteiger partial charge in [-0.15, -0.1) is 0 Å². The van der Waals surface area contributed by atoms with Crippen LogP contribution in [0.5, 0.6) is 5.75 Å². The van der Waals surface area contributed by atoms with Gasteiger partial charge < -0.3 is 19.5 Å². The summed E-state index contributed by atoms with van der Waals surface area (Å²) < 4.78 is 16.0. The highest BCUT2D eigenvalue weighted by Crippen LogP contribution is 2.20. The van der Waals surface area contributed by atoms with Gasteiger partial charge >= 0.3 is 0 Å². The van der Waals surface area contributed by atoms with Gasteiger partial charge in [-0.2, -0.15) is 0 Å². The van der Waals surface area contributed by atoms with Crippen molar-refractivity contribution in [2.45, 2.75) is 19.4 Å². The van der Waals surface area contributed by atoms with Crippen LogP contribution < -0.4 is 10.1 Å². The van der Waals surface area contributed by atoms with E-state index in [2.05, 4.69) is 17.2 Å². The zero-order valence-corrected chi connectivity index (χ0v) is 11.3. The summed E-state index contributed by atoms with van der Waals surface area (Å²) in [6.45, 7) is 3.93. The molecule has 0 fully saturated rings. The van der Waals surface area contributed by atoms with Gasteiger partial charge in [-0.05, 0) is 18.6 Å². The molecule has 0 aromatic carbocycles. The molecule has 0 radical (unpaired) electrons. The van der Waals surface area contributed by atoms with Crippen molar-refractivity contribution in [3.8, 4) is 5.75 Å². The third-order valence-corrected chi connectivity index (χ3v) is 2.42. The van der Waals surface area contributed by atoms with Crippen molar-refractivity contribution in [1.82, 2.24) is 4.98 Å². The van der Waals surface area contributed by atoms with Crippen LogP contribution in [0.2, 0.25) is 0 Å². The van der Waals surface area contributed by atoms with E-state index in [0.29, 0.717) is 19.8 Å². The topological polar surface area (TPSA) is 52.6 Å². The van der Waals surface area contributed by atoms with Crippen molar-refractivity contribution < 1.29 is 14.2 Å². The van der Waals surface area contributed by atoms with E-state index < -0.39 is 0 Å². The van der Waals surface area contributed by atoms with Crippen LogP contribution in [-0.2, 0) is 9.47 Å². The van der Waals surface area contributed by atoms with Crippen LogP contribution >= 0.6 is 0 Å². The van der Waals surface area contributed by atoms with E-state index in [1.54, 1.807) is 20.4 Å². The number of pyridine rings is 1. The van der Waals surface area contributed by atoms with Crippen molar-refractivity contribution in [1.29, 1.82) is 0 Å². The second-order valence-electron chi connectivity index (χ2n) is 3.89. The fourth-order valence-electron chi connectivity index (χ4n) is 1.46. The molecule has 0 spiro atoms. The molecular weight excluding hydrogens is 232 g/mol. The molecule has 1 aromatic rings. The lowest BCUT2D eigenvalue weighted by Gasteiger charge is -2.17. The average molecular weight is 254 g/mol. The van der Waals surface area contributed by atoms with Crippen molar-refractivity contribution in [2.24, 2.45) is 0 Å².